The predicted octanol–water partition coefficient (Wildman–Crippen LogP) is 4.98. The minimum Gasteiger partial charge on any atom is -0.484 e. The molecule has 4 heteroatoms. The normalized spacial score (nSPS) is 10.4. The van der Waals surface area contributed by atoms with Crippen LogP contribution in [0.4, 0.5) is 0 Å². The van der Waals surface area contributed by atoms with E-state index >= 15 is 0 Å². The first-order valence-electron chi connectivity index (χ1n) is 6.15. The number of benzene rings is 2. The molecule has 0 aliphatic rings. The molecule has 2 aromatic rings. The summed E-state index contributed by atoms with van der Waals surface area (Å²) in [5, 5.41) is 0.616. The van der Waals surface area contributed by atoms with Gasteiger partial charge in [-0.3, -0.25) is 4.79 Å². The number of hydrogen-bond acceptors (Lipinski definition) is 2. The Bertz CT molecular complexity index is 653. The van der Waals surface area contributed by atoms with Gasteiger partial charge in [0.05, 0.1) is 4.47 Å². The number of hydrogen-bond donors (Lipinski definition) is 0. The third-order valence-electron chi connectivity index (χ3n) is 2.95. The summed E-state index contributed by atoms with van der Waals surface area (Å²) in [6, 6.07) is 11.0. The predicted molar refractivity (Wildman–Crippen MR) is 84.9 cm³/mol. The Kier molecular flexibility index (Phi) is 4.84. The molecule has 0 spiro atoms. The van der Waals surface area contributed by atoms with E-state index in [2.05, 4.69) is 15.9 Å². The molecule has 0 radical (unpaired) electrons. The second kappa shape index (κ2) is 6.42. The summed E-state index contributed by atoms with van der Waals surface area (Å²) in [5.41, 5.74) is 2.72. The maximum absolute atomic E-state index is 12.2. The molecule has 2 rings (SSSR count). The van der Waals surface area contributed by atoms with Crippen molar-refractivity contribution in [3.05, 3.63) is 62.6 Å². The van der Waals surface area contributed by atoms with E-state index in [4.69, 9.17) is 16.3 Å². The molecule has 0 fully saturated rings. The second-order valence-corrected chi connectivity index (χ2v) is 5.90. The van der Waals surface area contributed by atoms with Crippen LogP contribution in [0, 0.1) is 13.8 Å². The van der Waals surface area contributed by atoms with Crippen LogP contribution in [0.3, 0.4) is 0 Å². The number of halogens is 2. The maximum Gasteiger partial charge on any atom is 0.200 e. The molecule has 0 N–H and O–H groups in total. The molecule has 0 saturated carbocycles. The Morgan fingerprint density at radius 2 is 1.95 bits per heavy atom. The van der Waals surface area contributed by atoms with E-state index < -0.39 is 0 Å². The van der Waals surface area contributed by atoms with Crippen LogP contribution in [0.25, 0.3) is 0 Å². The zero-order valence-electron chi connectivity index (χ0n) is 11.2. The molecular formula is C16H14BrClO2. The Labute approximate surface area is 131 Å². The Morgan fingerprint density at radius 3 is 2.65 bits per heavy atom. The zero-order chi connectivity index (χ0) is 14.7. The average molecular weight is 354 g/mol. The maximum atomic E-state index is 12.2. The third kappa shape index (κ3) is 3.62. The lowest BCUT2D eigenvalue weighted by Gasteiger charge is -2.09. The van der Waals surface area contributed by atoms with Crippen LogP contribution >= 0.6 is 27.5 Å². The summed E-state index contributed by atoms with van der Waals surface area (Å²) in [7, 11) is 0. The Morgan fingerprint density at radius 1 is 1.20 bits per heavy atom. The number of carbonyl (C=O) groups excluding carboxylic acids is 1. The molecule has 2 aromatic carbocycles. The molecule has 104 valence electrons. The van der Waals surface area contributed by atoms with Gasteiger partial charge in [-0.1, -0.05) is 29.3 Å². The molecule has 0 aromatic heterocycles. The van der Waals surface area contributed by atoms with E-state index in [0.29, 0.717) is 16.3 Å². The van der Waals surface area contributed by atoms with Gasteiger partial charge in [0.2, 0.25) is 0 Å². The van der Waals surface area contributed by atoms with E-state index in [1.165, 1.54) is 0 Å². The molecule has 0 aliphatic carbocycles. The fraction of sp³-hybridized carbons (Fsp3) is 0.188. The molecule has 0 aliphatic heterocycles. The first-order valence-corrected chi connectivity index (χ1v) is 7.33. The quantitative estimate of drug-likeness (QED) is 0.725. The SMILES string of the molecule is Cc1ccc(C)c(C(=O)COc2ccc(Cl)cc2Br)c1. The zero-order valence-corrected chi connectivity index (χ0v) is 13.6. The van der Waals surface area contributed by atoms with Crippen molar-refractivity contribution in [2.75, 3.05) is 6.61 Å². The van der Waals surface area contributed by atoms with E-state index in [1.54, 1.807) is 18.2 Å². The van der Waals surface area contributed by atoms with Gasteiger partial charge in [0, 0.05) is 10.6 Å². The number of aryl methyl sites for hydroxylation is 2. The minimum atomic E-state index is -0.0342. The molecule has 2 nitrogen and oxygen atoms in total. The van der Waals surface area contributed by atoms with Crippen molar-refractivity contribution in [1.82, 2.24) is 0 Å². The summed E-state index contributed by atoms with van der Waals surface area (Å²) in [5.74, 6) is 0.570. The van der Waals surface area contributed by atoms with E-state index in [1.807, 2.05) is 32.0 Å². The van der Waals surface area contributed by atoms with Crippen molar-refractivity contribution in [2.45, 2.75) is 13.8 Å². The monoisotopic (exact) mass is 352 g/mol. The highest BCUT2D eigenvalue weighted by atomic mass is 79.9. The number of rotatable bonds is 4. The van der Waals surface area contributed by atoms with Crippen molar-refractivity contribution >= 4 is 33.3 Å². The minimum absolute atomic E-state index is 0.00449. The summed E-state index contributed by atoms with van der Waals surface area (Å²) in [6.07, 6.45) is 0. The first kappa shape index (κ1) is 15.1. The summed E-state index contributed by atoms with van der Waals surface area (Å²) < 4.78 is 6.28. The number of Topliss-reactive ketones (excluding diaryl/α,β-unsaturated/α-hetero) is 1. The third-order valence-corrected chi connectivity index (χ3v) is 3.80. The van der Waals surface area contributed by atoms with Gasteiger partial charge in [0.1, 0.15) is 5.75 Å². The second-order valence-electron chi connectivity index (χ2n) is 4.60. The van der Waals surface area contributed by atoms with Gasteiger partial charge in [-0.15, -0.1) is 0 Å². The lowest BCUT2D eigenvalue weighted by atomic mass is 10.0. The van der Waals surface area contributed by atoms with E-state index in [-0.39, 0.29) is 12.4 Å². The van der Waals surface area contributed by atoms with Gasteiger partial charge in [0.25, 0.3) is 0 Å². The Balaban J connectivity index is 2.10. The lowest BCUT2D eigenvalue weighted by molar-refractivity contribution is 0.0920. The molecule has 0 bridgehead atoms. The summed E-state index contributed by atoms with van der Waals surface area (Å²) in [4.78, 5) is 12.2. The largest absolute Gasteiger partial charge is 0.484 e. The van der Waals surface area contributed by atoms with Crippen LogP contribution in [0.15, 0.2) is 40.9 Å². The topological polar surface area (TPSA) is 26.3 Å². The van der Waals surface area contributed by atoms with Crippen LogP contribution in [0.2, 0.25) is 5.02 Å². The van der Waals surface area contributed by atoms with Crippen LogP contribution in [0.5, 0.6) is 5.75 Å². The van der Waals surface area contributed by atoms with Gasteiger partial charge in [-0.25, -0.2) is 0 Å². The Hall–Kier alpha value is -1.32. The summed E-state index contributed by atoms with van der Waals surface area (Å²) >= 11 is 9.22. The summed E-state index contributed by atoms with van der Waals surface area (Å²) in [6.45, 7) is 3.89. The molecule has 0 saturated heterocycles. The van der Waals surface area contributed by atoms with Crippen LogP contribution in [0.1, 0.15) is 21.5 Å². The number of carbonyl (C=O) groups is 1. The van der Waals surface area contributed by atoms with Crippen molar-refractivity contribution < 1.29 is 9.53 Å². The number of ketones is 1. The van der Waals surface area contributed by atoms with Crippen molar-refractivity contribution in [3.8, 4) is 5.75 Å². The van der Waals surface area contributed by atoms with Gasteiger partial charge >= 0.3 is 0 Å². The van der Waals surface area contributed by atoms with Crippen molar-refractivity contribution in [1.29, 1.82) is 0 Å². The smallest absolute Gasteiger partial charge is 0.200 e. The van der Waals surface area contributed by atoms with Crippen LogP contribution in [-0.2, 0) is 0 Å². The first-order chi connectivity index (χ1) is 9.47. The molecular weight excluding hydrogens is 340 g/mol. The average Bonchev–Trinajstić information content (AvgIpc) is 2.40. The fourth-order valence-electron chi connectivity index (χ4n) is 1.85. The molecule has 0 amide bonds. The van der Waals surface area contributed by atoms with Crippen LogP contribution < -0.4 is 4.74 Å². The standard InChI is InChI=1S/C16H14BrClO2/c1-10-3-4-11(2)13(7-10)15(19)9-20-16-6-5-12(18)8-14(16)17/h3-8H,9H2,1-2H3. The van der Waals surface area contributed by atoms with Gasteiger partial charge < -0.3 is 4.74 Å². The van der Waals surface area contributed by atoms with Gasteiger partial charge in [-0.2, -0.15) is 0 Å². The van der Waals surface area contributed by atoms with Crippen molar-refractivity contribution in [3.63, 3.8) is 0 Å². The number of ether oxygens (including phenoxy) is 1. The lowest BCUT2D eigenvalue weighted by Crippen LogP contribution is -2.13. The highest BCUT2D eigenvalue weighted by Crippen LogP contribution is 2.28. The highest BCUT2D eigenvalue weighted by Gasteiger charge is 2.11. The highest BCUT2D eigenvalue weighted by molar-refractivity contribution is 9.10. The van der Waals surface area contributed by atoms with Gasteiger partial charge in [0.15, 0.2) is 12.4 Å². The molecule has 0 unspecified atom stereocenters. The van der Waals surface area contributed by atoms with Crippen molar-refractivity contribution in [2.24, 2.45) is 0 Å². The molecule has 20 heavy (non-hydrogen) atoms. The van der Waals surface area contributed by atoms with E-state index in [9.17, 15) is 4.79 Å². The molecule has 0 heterocycles. The molecule has 0 atom stereocenters. The van der Waals surface area contributed by atoms with E-state index in [0.717, 1.165) is 15.6 Å². The van der Waals surface area contributed by atoms with Gasteiger partial charge in [-0.05, 0) is 59.6 Å². The van der Waals surface area contributed by atoms with Crippen LogP contribution in [-0.4, -0.2) is 12.4 Å². The fourth-order valence-corrected chi connectivity index (χ4v) is 2.65.